The number of carbonyl (C=O) groups excluding carboxylic acids is 2. The lowest BCUT2D eigenvalue weighted by atomic mass is 10.1. The van der Waals surface area contributed by atoms with E-state index >= 15 is 0 Å². The molecule has 0 bridgehead atoms. The van der Waals surface area contributed by atoms with E-state index in [1.54, 1.807) is 36.4 Å². The van der Waals surface area contributed by atoms with E-state index in [-0.39, 0.29) is 0 Å². The Morgan fingerprint density at radius 1 is 1.15 bits per heavy atom. The van der Waals surface area contributed by atoms with E-state index in [9.17, 15) is 9.59 Å². The maximum Gasteiger partial charge on any atom is 0.331 e. The largest absolute Gasteiger partial charge is 0.493 e. The Kier molecular flexibility index (Phi) is 6.97. The molecular formula is C20H18N2O5. The molecule has 0 aromatic heterocycles. The van der Waals surface area contributed by atoms with Crippen LogP contribution in [0.25, 0.3) is 6.08 Å². The lowest BCUT2D eigenvalue weighted by Gasteiger charge is -2.09. The van der Waals surface area contributed by atoms with Crippen LogP contribution in [-0.2, 0) is 14.3 Å². The molecular weight excluding hydrogens is 348 g/mol. The summed E-state index contributed by atoms with van der Waals surface area (Å²) in [6.07, 6.45) is 2.71. The molecule has 0 aliphatic heterocycles. The van der Waals surface area contributed by atoms with Gasteiger partial charge in [0.25, 0.3) is 5.91 Å². The second kappa shape index (κ2) is 9.63. The second-order valence-corrected chi connectivity index (χ2v) is 5.26. The predicted molar refractivity (Wildman–Crippen MR) is 99.3 cm³/mol. The van der Waals surface area contributed by atoms with Crippen molar-refractivity contribution in [3.8, 4) is 17.6 Å². The van der Waals surface area contributed by atoms with Gasteiger partial charge in [0, 0.05) is 17.3 Å². The summed E-state index contributed by atoms with van der Waals surface area (Å²) in [4.78, 5) is 23.7. The van der Waals surface area contributed by atoms with E-state index in [2.05, 4.69) is 5.32 Å². The van der Waals surface area contributed by atoms with E-state index in [0.29, 0.717) is 28.3 Å². The number of ether oxygens (including phenoxy) is 3. The molecule has 0 saturated heterocycles. The molecule has 7 nitrogen and oxygen atoms in total. The zero-order valence-electron chi connectivity index (χ0n) is 14.9. The summed E-state index contributed by atoms with van der Waals surface area (Å²) in [5, 5.41) is 11.4. The highest BCUT2D eigenvalue weighted by atomic mass is 16.5. The van der Waals surface area contributed by atoms with Crippen molar-refractivity contribution in [2.75, 3.05) is 26.1 Å². The quantitative estimate of drug-likeness (QED) is 0.598. The van der Waals surface area contributed by atoms with Gasteiger partial charge in [0.1, 0.15) is 0 Å². The van der Waals surface area contributed by atoms with Gasteiger partial charge in [-0.1, -0.05) is 18.2 Å². The number of hydrogen-bond acceptors (Lipinski definition) is 6. The molecule has 0 saturated carbocycles. The first-order valence-corrected chi connectivity index (χ1v) is 7.93. The highest BCUT2D eigenvalue weighted by Gasteiger charge is 2.09. The van der Waals surface area contributed by atoms with Gasteiger partial charge < -0.3 is 19.5 Å². The van der Waals surface area contributed by atoms with Gasteiger partial charge in [-0.05, 0) is 30.3 Å². The molecule has 0 heterocycles. The van der Waals surface area contributed by atoms with Gasteiger partial charge in [-0.25, -0.2) is 4.79 Å². The molecule has 0 aliphatic carbocycles. The first kappa shape index (κ1) is 19.5. The number of benzene rings is 2. The molecule has 0 spiro atoms. The third kappa shape index (κ3) is 5.61. The van der Waals surface area contributed by atoms with E-state index in [0.717, 1.165) is 0 Å². The lowest BCUT2D eigenvalue weighted by Crippen LogP contribution is -2.20. The summed E-state index contributed by atoms with van der Waals surface area (Å²) in [5.41, 5.74) is 1.50. The topological polar surface area (TPSA) is 97.6 Å². The summed E-state index contributed by atoms with van der Waals surface area (Å²) in [6, 6.07) is 13.6. The van der Waals surface area contributed by atoms with Crippen molar-refractivity contribution in [2.24, 2.45) is 0 Å². The highest BCUT2D eigenvalue weighted by molar-refractivity contribution is 5.94. The molecule has 0 aliphatic rings. The first-order valence-electron chi connectivity index (χ1n) is 7.93. The number of nitrogens with one attached hydrogen (secondary N) is 1. The van der Waals surface area contributed by atoms with Crippen molar-refractivity contribution in [1.82, 2.24) is 0 Å². The standard InChI is InChI=1S/C20H18N2O5/c1-25-17-8-4-6-15(20(17)26-2)9-10-19(24)27-13-18(23)22-16-7-3-5-14(11-16)12-21/h3-11H,13H2,1-2H3,(H,22,23)/b10-9+. The molecule has 2 aromatic rings. The van der Waals surface area contributed by atoms with Gasteiger partial charge >= 0.3 is 5.97 Å². The van der Waals surface area contributed by atoms with Crippen molar-refractivity contribution >= 4 is 23.6 Å². The molecule has 0 fully saturated rings. The Morgan fingerprint density at radius 2 is 1.93 bits per heavy atom. The molecule has 7 heteroatoms. The number of methoxy groups -OCH3 is 2. The fourth-order valence-electron chi connectivity index (χ4n) is 2.25. The third-order valence-corrected chi connectivity index (χ3v) is 3.45. The zero-order valence-corrected chi connectivity index (χ0v) is 14.9. The lowest BCUT2D eigenvalue weighted by molar-refractivity contribution is -0.142. The Morgan fingerprint density at radius 3 is 2.63 bits per heavy atom. The molecule has 27 heavy (non-hydrogen) atoms. The number of esters is 1. The van der Waals surface area contributed by atoms with Gasteiger partial charge in [-0.2, -0.15) is 5.26 Å². The van der Waals surface area contributed by atoms with Gasteiger partial charge in [0.05, 0.1) is 25.9 Å². The maximum atomic E-state index is 11.8. The number of hydrogen-bond donors (Lipinski definition) is 1. The average molecular weight is 366 g/mol. The van der Waals surface area contributed by atoms with Crippen LogP contribution in [0.4, 0.5) is 5.69 Å². The summed E-state index contributed by atoms with van der Waals surface area (Å²) in [7, 11) is 3.02. The predicted octanol–water partition coefficient (Wildman–Crippen LogP) is 2.77. The zero-order chi connectivity index (χ0) is 19.6. The number of anilines is 1. The van der Waals surface area contributed by atoms with E-state index in [1.807, 2.05) is 6.07 Å². The Bertz CT molecular complexity index is 899. The van der Waals surface area contributed by atoms with Crippen LogP contribution in [0.15, 0.2) is 48.5 Å². The molecule has 0 radical (unpaired) electrons. The van der Waals surface area contributed by atoms with E-state index in [4.69, 9.17) is 19.5 Å². The Labute approximate surface area is 156 Å². The van der Waals surface area contributed by atoms with Crippen molar-refractivity contribution in [2.45, 2.75) is 0 Å². The summed E-state index contributed by atoms with van der Waals surface area (Å²) in [5.74, 6) is -0.169. The summed E-state index contributed by atoms with van der Waals surface area (Å²) < 4.78 is 15.4. The maximum absolute atomic E-state index is 11.8. The molecule has 1 amide bonds. The van der Waals surface area contributed by atoms with E-state index < -0.39 is 18.5 Å². The van der Waals surface area contributed by atoms with Crippen molar-refractivity contribution < 1.29 is 23.8 Å². The number of para-hydroxylation sites is 1. The number of nitriles is 1. The van der Waals surface area contributed by atoms with E-state index in [1.165, 1.54) is 32.4 Å². The number of nitrogens with zero attached hydrogens (tertiary/aromatic N) is 1. The van der Waals surface area contributed by atoms with Crippen LogP contribution in [0.1, 0.15) is 11.1 Å². The van der Waals surface area contributed by atoms with Crippen LogP contribution in [0.5, 0.6) is 11.5 Å². The molecule has 2 aromatic carbocycles. The normalized spacial score (nSPS) is 10.1. The number of carbonyl (C=O) groups is 2. The minimum absolute atomic E-state index is 0.417. The minimum atomic E-state index is -0.680. The van der Waals surface area contributed by atoms with Gasteiger partial charge in [-0.15, -0.1) is 0 Å². The molecule has 2 rings (SSSR count). The smallest absolute Gasteiger partial charge is 0.331 e. The van der Waals surface area contributed by atoms with Crippen molar-refractivity contribution in [3.05, 3.63) is 59.7 Å². The SMILES string of the molecule is COc1cccc(/C=C/C(=O)OCC(=O)Nc2cccc(C#N)c2)c1OC. The molecule has 138 valence electrons. The molecule has 1 N–H and O–H groups in total. The fraction of sp³-hybridized carbons (Fsp3) is 0.150. The fourth-order valence-corrected chi connectivity index (χ4v) is 2.25. The van der Waals surface area contributed by atoms with Crippen LogP contribution in [0, 0.1) is 11.3 Å². The van der Waals surface area contributed by atoms with Crippen molar-refractivity contribution in [3.63, 3.8) is 0 Å². The highest BCUT2D eigenvalue weighted by Crippen LogP contribution is 2.31. The van der Waals surface area contributed by atoms with Crippen LogP contribution >= 0.6 is 0 Å². The Balaban J connectivity index is 1.91. The number of amides is 1. The Hall–Kier alpha value is -3.79. The van der Waals surface area contributed by atoms with Crippen LogP contribution in [-0.4, -0.2) is 32.7 Å². The monoisotopic (exact) mass is 366 g/mol. The summed E-state index contributed by atoms with van der Waals surface area (Å²) >= 11 is 0. The molecule has 0 atom stereocenters. The third-order valence-electron chi connectivity index (χ3n) is 3.45. The second-order valence-electron chi connectivity index (χ2n) is 5.26. The average Bonchev–Trinajstić information content (AvgIpc) is 2.70. The van der Waals surface area contributed by atoms with Crippen LogP contribution in [0.3, 0.4) is 0 Å². The van der Waals surface area contributed by atoms with Crippen LogP contribution in [0.2, 0.25) is 0 Å². The molecule has 0 unspecified atom stereocenters. The first-order chi connectivity index (χ1) is 13.1. The summed E-state index contributed by atoms with van der Waals surface area (Å²) in [6.45, 7) is -0.449. The van der Waals surface area contributed by atoms with Crippen LogP contribution < -0.4 is 14.8 Å². The van der Waals surface area contributed by atoms with Crippen molar-refractivity contribution in [1.29, 1.82) is 5.26 Å². The van der Waals surface area contributed by atoms with Gasteiger partial charge in [0.15, 0.2) is 18.1 Å². The van der Waals surface area contributed by atoms with Gasteiger partial charge in [-0.3, -0.25) is 4.79 Å². The number of rotatable bonds is 7. The minimum Gasteiger partial charge on any atom is -0.493 e. The van der Waals surface area contributed by atoms with Gasteiger partial charge in [0.2, 0.25) is 0 Å².